The number of esters is 1. The molecule has 0 spiro atoms. The molecule has 1 rings (SSSR count). The fourth-order valence-corrected chi connectivity index (χ4v) is 2.33. The zero-order valence-corrected chi connectivity index (χ0v) is 12.5. The first kappa shape index (κ1) is 15.8. The van der Waals surface area contributed by atoms with Crippen LogP contribution < -0.4 is 5.32 Å². The number of rotatable bonds is 2. The normalized spacial score (nSPS) is 27.5. The topological polar surface area (TPSA) is 64.6 Å². The lowest BCUT2D eigenvalue weighted by molar-refractivity contribution is -0.150. The minimum atomic E-state index is -0.927. The molecule has 1 amide bonds. The van der Waals surface area contributed by atoms with Crippen molar-refractivity contribution in [1.82, 2.24) is 5.32 Å². The third kappa shape index (κ3) is 4.40. The van der Waals surface area contributed by atoms with Crippen LogP contribution in [0.3, 0.4) is 0 Å². The number of amides is 1. The van der Waals surface area contributed by atoms with Gasteiger partial charge in [0.25, 0.3) is 0 Å². The number of carbonyl (C=O) groups is 2. The molecule has 5 heteroatoms. The molecule has 0 aromatic carbocycles. The highest BCUT2D eigenvalue weighted by Crippen LogP contribution is 2.33. The molecule has 0 radical (unpaired) electrons. The van der Waals surface area contributed by atoms with Gasteiger partial charge >= 0.3 is 12.1 Å². The van der Waals surface area contributed by atoms with Gasteiger partial charge in [-0.05, 0) is 52.4 Å². The molecular formula is C14H25NO4. The summed E-state index contributed by atoms with van der Waals surface area (Å²) >= 11 is 0. The molecule has 0 atom stereocenters. The monoisotopic (exact) mass is 271 g/mol. The summed E-state index contributed by atoms with van der Waals surface area (Å²) < 4.78 is 10.1. The summed E-state index contributed by atoms with van der Waals surface area (Å²) in [7, 11) is 1.35. The average Bonchev–Trinajstić information content (AvgIpc) is 2.29. The maximum absolute atomic E-state index is 12.0. The summed E-state index contributed by atoms with van der Waals surface area (Å²) in [6.07, 6.45) is 2.42. The van der Waals surface area contributed by atoms with Crippen molar-refractivity contribution >= 4 is 12.1 Å². The predicted molar refractivity (Wildman–Crippen MR) is 71.7 cm³/mol. The van der Waals surface area contributed by atoms with Gasteiger partial charge < -0.3 is 14.8 Å². The largest absolute Gasteiger partial charge is 0.467 e. The van der Waals surface area contributed by atoms with Crippen LogP contribution in [-0.2, 0) is 14.3 Å². The summed E-state index contributed by atoms with van der Waals surface area (Å²) in [5, 5.41) is 2.72. The van der Waals surface area contributed by atoms with Crippen molar-refractivity contribution in [2.24, 2.45) is 5.92 Å². The van der Waals surface area contributed by atoms with E-state index >= 15 is 0 Å². The molecule has 5 nitrogen and oxygen atoms in total. The van der Waals surface area contributed by atoms with Crippen LogP contribution in [0.5, 0.6) is 0 Å². The van der Waals surface area contributed by atoms with Gasteiger partial charge in [-0.3, -0.25) is 0 Å². The van der Waals surface area contributed by atoms with Crippen molar-refractivity contribution in [3.05, 3.63) is 0 Å². The zero-order chi connectivity index (χ0) is 14.7. The van der Waals surface area contributed by atoms with Gasteiger partial charge in [0.1, 0.15) is 11.1 Å². The van der Waals surface area contributed by atoms with Gasteiger partial charge in [0.05, 0.1) is 7.11 Å². The molecule has 1 aliphatic rings. The summed E-state index contributed by atoms with van der Waals surface area (Å²) in [6, 6.07) is 0. The molecule has 110 valence electrons. The SMILES string of the molecule is COC(=O)C1(NC(=O)OC(C)(C)C)CCC(C)CC1. The molecule has 0 saturated heterocycles. The minimum absolute atomic E-state index is 0.384. The van der Waals surface area contributed by atoms with E-state index in [0.29, 0.717) is 18.8 Å². The lowest BCUT2D eigenvalue weighted by Crippen LogP contribution is -2.57. The van der Waals surface area contributed by atoms with E-state index < -0.39 is 17.2 Å². The Kier molecular flexibility index (Phi) is 4.82. The number of hydrogen-bond donors (Lipinski definition) is 1. The number of ether oxygens (including phenoxy) is 2. The first-order valence-electron chi connectivity index (χ1n) is 6.78. The van der Waals surface area contributed by atoms with E-state index in [1.54, 1.807) is 20.8 Å². The van der Waals surface area contributed by atoms with Crippen LogP contribution in [0.1, 0.15) is 53.4 Å². The molecule has 0 aliphatic heterocycles. The Hall–Kier alpha value is -1.26. The van der Waals surface area contributed by atoms with Crippen LogP contribution in [0.25, 0.3) is 0 Å². The molecule has 0 bridgehead atoms. The van der Waals surface area contributed by atoms with Crippen LogP contribution >= 0.6 is 0 Å². The molecule has 0 unspecified atom stereocenters. The van der Waals surface area contributed by atoms with Crippen molar-refractivity contribution in [2.75, 3.05) is 7.11 Å². The highest BCUT2D eigenvalue weighted by atomic mass is 16.6. The Morgan fingerprint density at radius 1 is 1.21 bits per heavy atom. The van der Waals surface area contributed by atoms with Crippen molar-refractivity contribution in [3.63, 3.8) is 0 Å². The van der Waals surface area contributed by atoms with Crippen molar-refractivity contribution in [3.8, 4) is 0 Å². The Morgan fingerprint density at radius 3 is 2.16 bits per heavy atom. The molecule has 1 saturated carbocycles. The molecule has 1 fully saturated rings. The molecule has 19 heavy (non-hydrogen) atoms. The fourth-order valence-electron chi connectivity index (χ4n) is 2.33. The lowest BCUT2D eigenvalue weighted by atomic mass is 9.77. The smallest absolute Gasteiger partial charge is 0.408 e. The Morgan fingerprint density at radius 2 is 1.74 bits per heavy atom. The fraction of sp³-hybridized carbons (Fsp3) is 0.857. The standard InChI is InChI=1S/C14H25NO4/c1-10-6-8-14(9-7-10,11(16)18-5)15-12(17)19-13(2,3)4/h10H,6-9H2,1-5H3,(H,15,17). The minimum Gasteiger partial charge on any atom is -0.467 e. The summed E-state index contributed by atoms with van der Waals surface area (Å²) in [4.78, 5) is 23.9. The quantitative estimate of drug-likeness (QED) is 0.784. The van der Waals surface area contributed by atoms with Crippen LogP contribution in [0.15, 0.2) is 0 Å². The van der Waals surface area contributed by atoms with Crippen LogP contribution in [0, 0.1) is 5.92 Å². The zero-order valence-electron chi connectivity index (χ0n) is 12.5. The second kappa shape index (κ2) is 5.80. The van der Waals surface area contributed by atoms with E-state index in [-0.39, 0.29) is 5.97 Å². The Labute approximate surface area is 115 Å². The van der Waals surface area contributed by atoms with Gasteiger partial charge in [-0.1, -0.05) is 6.92 Å². The maximum atomic E-state index is 12.0. The summed E-state index contributed by atoms with van der Waals surface area (Å²) in [5.74, 6) is 0.184. The highest BCUT2D eigenvalue weighted by Gasteiger charge is 2.44. The lowest BCUT2D eigenvalue weighted by Gasteiger charge is -2.37. The molecule has 1 aliphatic carbocycles. The second-order valence-electron chi connectivity index (χ2n) is 6.38. The highest BCUT2D eigenvalue weighted by molar-refractivity contribution is 5.85. The van der Waals surface area contributed by atoms with E-state index in [1.807, 2.05) is 0 Å². The summed E-state index contributed by atoms with van der Waals surface area (Å²) in [5.41, 5.74) is -1.51. The van der Waals surface area contributed by atoms with E-state index in [1.165, 1.54) is 7.11 Å². The third-order valence-corrected chi connectivity index (χ3v) is 3.44. The Bertz CT molecular complexity index is 338. The molecule has 0 aromatic heterocycles. The molecular weight excluding hydrogens is 246 g/mol. The van der Waals surface area contributed by atoms with E-state index in [4.69, 9.17) is 9.47 Å². The van der Waals surface area contributed by atoms with Gasteiger partial charge in [0.15, 0.2) is 0 Å². The van der Waals surface area contributed by atoms with Crippen LogP contribution in [0.2, 0.25) is 0 Å². The molecule has 1 N–H and O–H groups in total. The van der Waals surface area contributed by atoms with Gasteiger partial charge in [-0.2, -0.15) is 0 Å². The van der Waals surface area contributed by atoms with E-state index in [9.17, 15) is 9.59 Å². The number of nitrogens with one attached hydrogen (secondary N) is 1. The number of methoxy groups -OCH3 is 1. The van der Waals surface area contributed by atoms with Crippen LogP contribution in [-0.4, -0.2) is 30.3 Å². The summed E-state index contributed by atoms with van der Waals surface area (Å²) in [6.45, 7) is 7.52. The second-order valence-corrected chi connectivity index (χ2v) is 6.38. The third-order valence-electron chi connectivity index (χ3n) is 3.44. The number of carbonyl (C=O) groups excluding carboxylic acids is 2. The predicted octanol–water partition coefficient (Wildman–Crippen LogP) is 2.63. The first-order chi connectivity index (χ1) is 8.68. The van der Waals surface area contributed by atoms with Crippen molar-refractivity contribution < 1.29 is 19.1 Å². The van der Waals surface area contributed by atoms with E-state index in [0.717, 1.165) is 12.8 Å². The van der Waals surface area contributed by atoms with Gasteiger partial charge in [0.2, 0.25) is 0 Å². The van der Waals surface area contributed by atoms with Crippen molar-refractivity contribution in [2.45, 2.75) is 64.5 Å². The van der Waals surface area contributed by atoms with E-state index in [2.05, 4.69) is 12.2 Å². The molecule has 0 aromatic rings. The Balaban J connectivity index is 2.76. The van der Waals surface area contributed by atoms with Gasteiger partial charge in [0, 0.05) is 0 Å². The van der Waals surface area contributed by atoms with Crippen LogP contribution in [0.4, 0.5) is 4.79 Å². The van der Waals surface area contributed by atoms with Gasteiger partial charge in [-0.25, -0.2) is 9.59 Å². The van der Waals surface area contributed by atoms with Gasteiger partial charge in [-0.15, -0.1) is 0 Å². The number of hydrogen-bond acceptors (Lipinski definition) is 4. The first-order valence-corrected chi connectivity index (χ1v) is 6.78. The average molecular weight is 271 g/mol. The van der Waals surface area contributed by atoms with Crippen molar-refractivity contribution in [1.29, 1.82) is 0 Å². The molecule has 0 heterocycles. The maximum Gasteiger partial charge on any atom is 0.408 e. The number of alkyl carbamates (subject to hydrolysis) is 1.